The molecule has 322 valence electrons. The molecule has 3 fully saturated rings. The summed E-state index contributed by atoms with van der Waals surface area (Å²) in [5.74, 6) is -0.121. The van der Waals surface area contributed by atoms with Crippen LogP contribution in [0.5, 0.6) is 0 Å². The fourth-order valence-corrected chi connectivity index (χ4v) is 11.1. The average molecular weight is 891 g/mol. The van der Waals surface area contributed by atoms with Crippen LogP contribution in [0.2, 0.25) is 0 Å². The molecule has 4 rings (SSSR count). The Morgan fingerprint density at radius 1 is 0.982 bits per heavy atom. The molecule has 0 radical (unpaired) electrons. The van der Waals surface area contributed by atoms with Crippen molar-refractivity contribution in [2.75, 3.05) is 32.1 Å². The quantitative estimate of drug-likeness (QED) is 0.0426. The van der Waals surface area contributed by atoms with Crippen LogP contribution < -0.4 is 32.5 Å². The zero-order valence-electron chi connectivity index (χ0n) is 30.8. The van der Waals surface area contributed by atoms with Crippen LogP contribution in [-0.2, 0) is 41.2 Å². The Hall–Kier alpha value is -2.69. The molecule has 1 aromatic heterocycles. The highest BCUT2D eigenvalue weighted by Crippen LogP contribution is 2.66. The molecule has 3 saturated heterocycles. The molecule has 1 aromatic rings. The summed E-state index contributed by atoms with van der Waals surface area (Å²) in [6.45, 7) is 0.937. The Morgan fingerprint density at radius 2 is 1.68 bits per heavy atom. The summed E-state index contributed by atoms with van der Waals surface area (Å²) in [6, 6.07) is -0.616. The van der Waals surface area contributed by atoms with E-state index in [2.05, 4.69) is 39.4 Å². The lowest BCUT2D eigenvalue weighted by Gasteiger charge is -2.39. The molecule has 57 heavy (non-hydrogen) atoms. The number of H-pyrrole nitrogens is 1. The van der Waals surface area contributed by atoms with Crippen molar-refractivity contribution in [2.24, 2.45) is 5.92 Å². The number of carbonyl (C=O) groups excluding carboxylic acids is 3. The minimum Gasteiger partial charge on any atom is -0.390 e. The lowest BCUT2D eigenvalue weighted by atomic mass is 9.90. The zero-order valence-corrected chi connectivity index (χ0v) is 34.3. The molecule has 4 amide bonds. The number of hydrogen-bond acceptors (Lipinski definition) is 14. The molecule has 0 aliphatic carbocycles. The number of nitrogens with zero attached hydrogens (tertiary/aromatic N) is 1. The molecule has 0 bridgehead atoms. The second-order valence-electron chi connectivity index (χ2n) is 13.7. The average Bonchev–Trinajstić information content (AvgIpc) is 3.65. The van der Waals surface area contributed by atoms with E-state index in [0.29, 0.717) is 24.6 Å². The summed E-state index contributed by atoms with van der Waals surface area (Å²) in [7, 11) is -16.8. The molecule has 0 aromatic carbocycles. The highest BCUT2D eigenvalue weighted by Gasteiger charge is 2.44. The predicted molar refractivity (Wildman–Crippen MR) is 203 cm³/mol. The maximum atomic E-state index is 12.7. The third-order valence-corrected chi connectivity index (χ3v) is 14.7. The third-order valence-electron chi connectivity index (χ3n) is 9.38. The van der Waals surface area contributed by atoms with Crippen LogP contribution in [0.3, 0.4) is 0 Å². The van der Waals surface area contributed by atoms with E-state index in [1.54, 1.807) is 0 Å². The number of hydrogen-bond donors (Lipinski definition) is 10. The van der Waals surface area contributed by atoms with E-state index >= 15 is 0 Å². The SMILES string of the molecule is CC1C(O)C(COP(=O)(O)OP(=O)(O)OP(=O)(O)O)OCC1n1cc(/C=C/CNC(=O)CCCCCNC(=O)CCCCC2SCC3NC(=O)NC32)c(=O)[nH]c1=O. The molecule has 3 aliphatic heterocycles. The number of amides is 4. The van der Waals surface area contributed by atoms with Crippen molar-refractivity contribution in [3.05, 3.63) is 38.7 Å². The van der Waals surface area contributed by atoms with Crippen molar-refractivity contribution in [1.82, 2.24) is 30.8 Å². The standard InChI is InChI=1S/C30H49N6O17P3S/c1-18-21(15-50-22(27(18)39)16-51-55(46,47)53-56(48,49)52-54(43,44)45)36-14-19(28(40)35-30(36)42)8-7-13-32-24(37)10-3-2-6-12-31-25(38)11-5-4-9-23-26-20(17-57-23)33-29(41)34-26/h7-8,14,18,20-23,26-27,39H,2-6,9-13,15-17H2,1H3,(H,31,38)(H,32,37)(H,46,47)(H,48,49)(H2,33,34,41)(H,35,40,42)(H2,43,44,45)/b8-7+. The van der Waals surface area contributed by atoms with Crippen LogP contribution in [0.1, 0.15) is 69.9 Å². The van der Waals surface area contributed by atoms with E-state index < -0.39 is 65.5 Å². The molecule has 3 aliphatic rings. The molecular formula is C30H49N6O17P3S. The first-order chi connectivity index (χ1) is 26.7. The molecule has 27 heteroatoms. The summed E-state index contributed by atoms with van der Waals surface area (Å²) >= 11 is 1.85. The largest absolute Gasteiger partial charge is 0.490 e. The Bertz CT molecular complexity index is 1880. The highest BCUT2D eigenvalue weighted by atomic mass is 32.2. The van der Waals surface area contributed by atoms with Gasteiger partial charge in [-0.15, -0.1) is 0 Å². The number of phosphoric acid groups is 3. The Morgan fingerprint density at radius 3 is 2.40 bits per heavy atom. The topological polar surface area (TPSA) is 343 Å². The highest BCUT2D eigenvalue weighted by molar-refractivity contribution is 8.00. The Labute approximate surface area is 330 Å². The van der Waals surface area contributed by atoms with Gasteiger partial charge >= 0.3 is 35.2 Å². The van der Waals surface area contributed by atoms with Crippen molar-refractivity contribution >= 4 is 59.2 Å². The van der Waals surface area contributed by atoms with Crippen LogP contribution in [0.15, 0.2) is 21.9 Å². The minimum absolute atomic E-state index is 0.0111. The maximum absolute atomic E-state index is 12.7. The molecule has 0 spiro atoms. The molecule has 4 heterocycles. The number of phosphoric ester groups is 1. The van der Waals surface area contributed by atoms with Crippen LogP contribution in [0.4, 0.5) is 4.79 Å². The van der Waals surface area contributed by atoms with Gasteiger partial charge in [0.25, 0.3) is 5.56 Å². The second-order valence-corrected chi connectivity index (χ2v) is 19.4. The van der Waals surface area contributed by atoms with Gasteiger partial charge in [-0.25, -0.2) is 23.3 Å². The van der Waals surface area contributed by atoms with Crippen LogP contribution in [-0.4, -0.2) is 114 Å². The summed E-state index contributed by atoms with van der Waals surface area (Å²) < 4.78 is 52.9. The number of nitrogens with one attached hydrogen (secondary N) is 5. The maximum Gasteiger partial charge on any atom is 0.490 e. The van der Waals surface area contributed by atoms with Gasteiger partial charge < -0.3 is 50.7 Å². The fraction of sp³-hybridized carbons (Fsp3) is 0.700. The van der Waals surface area contributed by atoms with Crippen LogP contribution in [0.25, 0.3) is 6.08 Å². The number of carbonyl (C=O) groups is 3. The Balaban J connectivity index is 1.11. The molecule has 9 atom stereocenters. The Kier molecular flexibility index (Phi) is 17.3. The number of aliphatic hydroxyl groups is 1. The minimum atomic E-state index is -5.75. The van der Waals surface area contributed by atoms with Gasteiger partial charge in [0.1, 0.15) is 6.10 Å². The van der Waals surface area contributed by atoms with Crippen molar-refractivity contribution in [2.45, 2.75) is 93.9 Å². The van der Waals surface area contributed by atoms with Crippen molar-refractivity contribution < 1.29 is 70.6 Å². The van der Waals surface area contributed by atoms with Crippen LogP contribution in [0, 0.1) is 5.92 Å². The van der Waals surface area contributed by atoms with E-state index in [0.717, 1.165) is 42.4 Å². The molecular weight excluding hydrogens is 841 g/mol. The summed E-state index contributed by atoms with van der Waals surface area (Å²) in [5, 5.41) is 22.7. The van der Waals surface area contributed by atoms with Crippen LogP contribution >= 0.6 is 35.2 Å². The number of ether oxygens (including phenoxy) is 1. The normalized spacial score (nSPS) is 26.9. The number of aliphatic hydroxyl groups excluding tert-OH is 1. The first kappa shape index (κ1) is 47.0. The van der Waals surface area contributed by atoms with E-state index in [1.807, 2.05) is 11.8 Å². The number of aromatic amines is 1. The molecule has 9 unspecified atom stereocenters. The second kappa shape index (κ2) is 21.0. The molecule has 10 N–H and O–H groups in total. The first-order valence-electron chi connectivity index (χ1n) is 18.1. The number of aromatic nitrogens is 2. The monoisotopic (exact) mass is 890 g/mol. The van der Waals surface area contributed by atoms with Gasteiger partial charge in [0.2, 0.25) is 11.8 Å². The van der Waals surface area contributed by atoms with Crippen molar-refractivity contribution in [3.63, 3.8) is 0 Å². The van der Waals surface area contributed by atoms with Gasteiger partial charge in [-0.3, -0.25) is 28.5 Å². The van der Waals surface area contributed by atoms with Gasteiger partial charge in [0, 0.05) is 49.0 Å². The van der Waals surface area contributed by atoms with Gasteiger partial charge in [-0.2, -0.15) is 20.4 Å². The number of rotatable bonds is 22. The van der Waals surface area contributed by atoms with Gasteiger partial charge in [0.15, 0.2) is 0 Å². The van der Waals surface area contributed by atoms with Crippen molar-refractivity contribution in [1.29, 1.82) is 0 Å². The first-order valence-corrected chi connectivity index (χ1v) is 23.6. The summed E-state index contributed by atoms with van der Waals surface area (Å²) in [5.41, 5.74) is -1.50. The molecule has 0 saturated carbocycles. The van der Waals surface area contributed by atoms with E-state index in [9.17, 15) is 52.6 Å². The lowest BCUT2D eigenvalue weighted by molar-refractivity contribution is -0.138. The lowest BCUT2D eigenvalue weighted by Crippen LogP contribution is -2.50. The fourth-order valence-electron chi connectivity index (χ4n) is 6.48. The number of unbranched alkanes of at least 4 members (excludes halogenated alkanes) is 3. The van der Waals surface area contributed by atoms with Gasteiger partial charge in [-0.1, -0.05) is 31.9 Å². The number of thioether (sulfide) groups is 1. The summed E-state index contributed by atoms with van der Waals surface area (Å²) in [4.78, 5) is 99.6. The van der Waals surface area contributed by atoms with E-state index in [1.165, 1.54) is 25.3 Å². The smallest absolute Gasteiger partial charge is 0.390 e. The summed E-state index contributed by atoms with van der Waals surface area (Å²) in [6.07, 6.45) is 6.72. The molecule has 23 nitrogen and oxygen atoms in total. The van der Waals surface area contributed by atoms with Crippen molar-refractivity contribution in [3.8, 4) is 0 Å². The van der Waals surface area contributed by atoms with E-state index in [-0.39, 0.29) is 55.1 Å². The van der Waals surface area contributed by atoms with Gasteiger partial charge in [-0.05, 0) is 25.7 Å². The third kappa shape index (κ3) is 15.1. The van der Waals surface area contributed by atoms with E-state index in [4.69, 9.17) is 14.5 Å². The number of urea groups is 1. The van der Waals surface area contributed by atoms with Gasteiger partial charge in [0.05, 0.1) is 43.0 Å². The predicted octanol–water partition coefficient (Wildman–Crippen LogP) is 0.349. The number of fused-ring (bicyclic) bond motifs is 1. The zero-order chi connectivity index (χ0) is 42.0.